The molecule has 158 valence electrons. The van der Waals surface area contributed by atoms with Crippen molar-refractivity contribution in [1.82, 2.24) is 10.7 Å². The van der Waals surface area contributed by atoms with Crippen LogP contribution in [0.1, 0.15) is 76.2 Å². The number of rotatable bonds is 2. The van der Waals surface area contributed by atoms with E-state index in [9.17, 15) is 0 Å². The van der Waals surface area contributed by atoms with Crippen LogP contribution in [0.3, 0.4) is 0 Å². The van der Waals surface area contributed by atoms with Crippen molar-refractivity contribution in [3.05, 3.63) is 42.0 Å². The fraction of sp³-hybridized carbons (Fsp3) is 0.520. The minimum absolute atomic E-state index is 0.131. The van der Waals surface area contributed by atoms with Gasteiger partial charge >= 0.3 is 0 Å². The van der Waals surface area contributed by atoms with Gasteiger partial charge in [0, 0.05) is 23.4 Å². The molecular weight excluding hydrogens is 390 g/mol. The topological polar surface area (TPSA) is 45.7 Å². The van der Waals surface area contributed by atoms with Crippen molar-refractivity contribution in [2.75, 3.05) is 0 Å². The number of fused-ring (bicyclic) bond motifs is 3. The van der Waals surface area contributed by atoms with Crippen LogP contribution in [0.4, 0.5) is 0 Å². The lowest BCUT2D eigenvalue weighted by molar-refractivity contribution is 0.0336. The number of nitrogens with one attached hydrogen (secondary N) is 2. The number of benzene rings is 2. The van der Waals surface area contributed by atoms with Gasteiger partial charge in [-0.3, -0.25) is 5.43 Å². The molecule has 2 saturated carbocycles. The van der Waals surface area contributed by atoms with Gasteiger partial charge in [-0.15, -0.1) is 0 Å². The molecule has 0 radical (unpaired) electrons. The summed E-state index contributed by atoms with van der Waals surface area (Å²) in [5.74, 6) is 0.993. The average Bonchev–Trinajstić information content (AvgIpc) is 2.78. The largest absolute Gasteiger partial charge is 0.486 e. The summed E-state index contributed by atoms with van der Waals surface area (Å²) in [6.45, 7) is 0. The van der Waals surface area contributed by atoms with E-state index in [1.54, 1.807) is 0 Å². The normalized spacial score (nSPS) is 22.5. The highest BCUT2D eigenvalue weighted by Gasteiger charge is 2.41. The first-order chi connectivity index (χ1) is 14.7. The van der Waals surface area contributed by atoms with E-state index in [2.05, 4.69) is 47.1 Å². The molecule has 5 heteroatoms. The van der Waals surface area contributed by atoms with Crippen LogP contribution in [-0.2, 0) is 0 Å². The summed E-state index contributed by atoms with van der Waals surface area (Å²) in [4.78, 5) is 0. The van der Waals surface area contributed by atoms with Gasteiger partial charge in [-0.2, -0.15) is 5.10 Å². The predicted octanol–water partition coefficient (Wildman–Crippen LogP) is 5.83. The van der Waals surface area contributed by atoms with Gasteiger partial charge in [0.1, 0.15) is 11.4 Å². The van der Waals surface area contributed by atoms with Crippen molar-refractivity contribution in [1.29, 1.82) is 0 Å². The molecule has 5 rings (SSSR count). The van der Waals surface area contributed by atoms with E-state index in [-0.39, 0.29) is 5.60 Å². The van der Waals surface area contributed by atoms with Crippen LogP contribution < -0.4 is 15.5 Å². The Morgan fingerprint density at radius 3 is 2.57 bits per heavy atom. The Kier molecular flexibility index (Phi) is 5.64. The Morgan fingerprint density at radius 2 is 1.73 bits per heavy atom. The number of hydrogen-bond acceptors (Lipinski definition) is 3. The molecule has 2 N–H and O–H groups in total. The lowest BCUT2D eigenvalue weighted by Crippen LogP contribution is -2.45. The van der Waals surface area contributed by atoms with Gasteiger partial charge in [-0.25, -0.2) is 0 Å². The Hall–Kier alpha value is -2.14. The lowest BCUT2D eigenvalue weighted by atomic mass is 9.78. The molecule has 2 aliphatic carbocycles. The molecule has 1 aliphatic heterocycles. The number of thiocarbonyl (C=S) groups is 1. The zero-order valence-electron chi connectivity index (χ0n) is 17.6. The van der Waals surface area contributed by atoms with Gasteiger partial charge in [0.25, 0.3) is 0 Å². The highest BCUT2D eigenvalue weighted by Crippen LogP contribution is 2.44. The Labute approximate surface area is 184 Å². The number of hydrogen-bond donors (Lipinski definition) is 2. The third-order valence-corrected chi connectivity index (χ3v) is 7.21. The van der Waals surface area contributed by atoms with Crippen molar-refractivity contribution in [3.8, 4) is 5.75 Å². The SMILES string of the molecule is S=C(N/N=C1\CC2(CCCCC2)Oc2c1ccc1ccccc21)NC1CCCCC1. The second-order valence-electron chi connectivity index (χ2n) is 9.16. The lowest BCUT2D eigenvalue weighted by Gasteiger charge is -2.42. The fourth-order valence-corrected chi connectivity index (χ4v) is 5.60. The summed E-state index contributed by atoms with van der Waals surface area (Å²) in [5.41, 5.74) is 5.19. The van der Waals surface area contributed by atoms with Crippen molar-refractivity contribution < 1.29 is 4.74 Å². The molecule has 0 unspecified atom stereocenters. The van der Waals surface area contributed by atoms with Gasteiger partial charge in [0.2, 0.25) is 0 Å². The van der Waals surface area contributed by atoms with Crippen LogP contribution >= 0.6 is 12.2 Å². The molecule has 0 bridgehead atoms. The summed E-state index contributed by atoms with van der Waals surface area (Å²) in [5, 5.41) is 11.3. The molecule has 4 nitrogen and oxygen atoms in total. The van der Waals surface area contributed by atoms with Crippen molar-refractivity contribution in [2.24, 2.45) is 5.10 Å². The molecule has 0 aromatic heterocycles. The van der Waals surface area contributed by atoms with Crippen molar-refractivity contribution in [3.63, 3.8) is 0 Å². The second kappa shape index (κ2) is 8.54. The van der Waals surface area contributed by atoms with E-state index in [4.69, 9.17) is 22.1 Å². The fourth-order valence-electron chi connectivity index (χ4n) is 5.39. The molecule has 0 amide bonds. The van der Waals surface area contributed by atoms with E-state index in [1.165, 1.54) is 62.1 Å². The number of nitrogens with zero attached hydrogens (tertiary/aromatic N) is 1. The summed E-state index contributed by atoms with van der Waals surface area (Å²) >= 11 is 5.57. The Morgan fingerprint density at radius 1 is 0.967 bits per heavy atom. The number of hydrazone groups is 1. The quantitative estimate of drug-likeness (QED) is 0.473. The highest BCUT2D eigenvalue weighted by molar-refractivity contribution is 7.80. The first-order valence-corrected chi connectivity index (χ1v) is 12.0. The van der Waals surface area contributed by atoms with E-state index in [1.807, 2.05) is 0 Å². The van der Waals surface area contributed by atoms with Gasteiger partial charge in [0.15, 0.2) is 5.11 Å². The second-order valence-corrected chi connectivity index (χ2v) is 9.57. The minimum atomic E-state index is -0.131. The monoisotopic (exact) mass is 421 g/mol. The molecule has 0 atom stereocenters. The van der Waals surface area contributed by atoms with Crippen LogP contribution in [0.15, 0.2) is 41.5 Å². The van der Waals surface area contributed by atoms with Gasteiger partial charge in [-0.05, 0) is 62.2 Å². The van der Waals surface area contributed by atoms with E-state index in [0.717, 1.165) is 36.3 Å². The molecule has 3 aliphatic rings. The van der Waals surface area contributed by atoms with Crippen LogP contribution in [0.5, 0.6) is 5.75 Å². The summed E-state index contributed by atoms with van der Waals surface area (Å²) in [6.07, 6.45) is 13.1. The molecule has 2 aromatic rings. The average molecular weight is 422 g/mol. The van der Waals surface area contributed by atoms with Gasteiger partial charge in [0.05, 0.1) is 5.71 Å². The Balaban J connectivity index is 1.44. The molecule has 1 spiro atoms. The maximum atomic E-state index is 6.78. The number of ether oxygens (including phenoxy) is 1. The Bertz CT molecular complexity index is 958. The highest BCUT2D eigenvalue weighted by atomic mass is 32.1. The van der Waals surface area contributed by atoms with Crippen LogP contribution in [0, 0.1) is 0 Å². The van der Waals surface area contributed by atoms with Crippen LogP contribution in [-0.4, -0.2) is 22.5 Å². The molecule has 2 aromatic carbocycles. The van der Waals surface area contributed by atoms with Crippen LogP contribution in [0.25, 0.3) is 10.8 Å². The maximum Gasteiger partial charge on any atom is 0.187 e. The summed E-state index contributed by atoms with van der Waals surface area (Å²) in [6, 6.07) is 13.3. The zero-order chi connectivity index (χ0) is 20.4. The molecular formula is C25H31N3OS. The molecule has 30 heavy (non-hydrogen) atoms. The molecule has 2 fully saturated rings. The first kappa shape index (κ1) is 19.8. The third kappa shape index (κ3) is 4.04. The minimum Gasteiger partial charge on any atom is -0.486 e. The maximum absolute atomic E-state index is 6.78. The first-order valence-electron chi connectivity index (χ1n) is 11.6. The third-order valence-electron chi connectivity index (χ3n) is 7.00. The molecule has 1 heterocycles. The smallest absolute Gasteiger partial charge is 0.187 e. The zero-order valence-corrected chi connectivity index (χ0v) is 18.4. The summed E-state index contributed by atoms with van der Waals surface area (Å²) < 4.78 is 6.78. The molecule has 0 saturated heterocycles. The van der Waals surface area contributed by atoms with E-state index in [0.29, 0.717) is 11.2 Å². The summed E-state index contributed by atoms with van der Waals surface area (Å²) in [7, 11) is 0. The van der Waals surface area contributed by atoms with Crippen molar-refractivity contribution in [2.45, 2.75) is 82.3 Å². The standard InChI is InChI=1S/C25H31N3OS/c30-24(26-19-10-3-1-4-11-19)28-27-22-17-25(15-7-2-8-16-25)29-23-20-12-6-5-9-18(20)13-14-21(22)23/h5-6,9,12-14,19H,1-4,7-8,10-11,15-17H2,(H2,26,28,30)/b27-22+. The van der Waals surface area contributed by atoms with Crippen LogP contribution in [0.2, 0.25) is 0 Å². The van der Waals surface area contributed by atoms with E-state index >= 15 is 0 Å². The van der Waals surface area contributed by atoms with Gasteiger partial charge in [-0.1, -0.05) is 56.0 Å². The van der Waals surface area contributed by atoms with Crippen molar-refractivity contribution >= 4 is 33.8 Å². The predicted molar refractivity (Wildman–Crippen MR) is 127 cm³/mol. The van der Waals surface area contributed by atoms with Gasteiger partial charge < -0.3 is 10.1 Å². The van der Waals surface area contributed by atoms with E-state index < -0.39 is 0 Å².